The second-order valence-electron chi connectivity index (χ2n) is 4.43. The molecule has 1 amide bonds. The first kappa shape index (κ1) is 21.5. The van der Waals surface area contributed by atoms with E-state index in [0.717, 1.165) is 6.07 Å². The van der Waals surface area contributed by atoms with Crippen LogP contribution in [0.15, 0.2) is 30.5 Å². The molecule has 1 aromatic carbocycles. The van der Waals surface area contributed by atoms with Gasteiger partial charge in [0.05, 0.1) is 38.4 Å². The Labute approximate surface area is 158 Å². The number of carbonyl (C=O) groups is 1. The van der Waals surface area contributed by atoms with Crippen molar-refractivity contribution in [3.63, 3.8) is 0 Å². The molecule has 9 heteroatoms. The summed E-state index contributed by atoms with van der Waals surface area (Å²) in [5.41, 5.74) is -0.804. The molecule has 0 spiro atoms. The van der Waals surface area contributed by atoms with Crippen molar-refractivity contribution in [2.45, 2.75) is 26.6 Å². The summed E-state index contributed by atoms with van der Waals surface area (Å²) in [6.45, 7) is 3.83. The highest BCUT2D eigenvalue weighted by atomic mass is 35.5. The summed E-state index contributed by atoms with van der Waals surface area (Å²) < 4.78 is 37.6. The van der Waals surface area contributed by atoms with Gasteiger partial charge in [-0.1, -0.05) is 54.7 Å². The molecule has 1 aromatic heterocycles. The summed E-state index contributed by atoms with van der Waals surface area (Å²) >= 11 is 17.6. The monoisotopic (exact) mass is 412 g/mol. The average Bonchev–Trinajstić information content (AvgIpc) is 2.54. The van der Waals surface area contributed by atoms with Crippen molar-refractivity contribution in [3.05, 3.63) is 62.4 Å². The Hall–Kier alpha value is -1.50. The lowest BCUT2D eigenvalue weighted by atomic mass is 10.2. The van der Waals surface area contributed by atoms with Gasteiger partial charge in [-0.15, -0.1) is 0 Å². The maximum Gasteiger partial charge on any atom is 0.417 e. The van der Waals surface area contributed by atoms with Crippen molar-refractivity contribution in [2.24, 2.45) is 0 Å². The van der Waals surface area contributed by atoms with E-state index in [1.807, 2.05) is 13.8 Å². The van der Waals surface area contributed by atoms with Gasteiger partial charge in [-0.3, -0.25) is 9.78 Å². The van der Waals surface area contributed by atoms with Gasteiger partial charge < -0.3 is 5.32 Å². The van der Waals surface area contributed by atoms with Crippen molar-refractivity contribution in [1.29, 1.82) is 0 Å². The minimum Gasteiger partial charge on any atom is -0.346 e. The number of nitrogens with zero attached hydrogens (tertiary/aromatic N) is 1. The van der Waals surface area contributed by atoms with Crippen LogP contribution < -0.4 is 5.32 Å². The van der Waals surface area contributed by atoms with E-state index in [2.05, 4.69) is 10.3 Å². The third kappa shape index (κ3) is 5.76. The zero-order valence-electron chi connectivity index (χ0n) is 13.2. The lowest BCUT2D eigenvalue weighted by molar-refractivity contribution is -0.137. The van der Waals surface area contributed by atoms with Gasteiger partial charge in [0.1, 0.15) is 0 Å². The van der Waals surface area contributed by atoms with Crippen LogP contribution in [0, 0.1) is 0 Å². The van der Waals surface area contributed by atoms with Crippen molar-refractivity contribution < 1.29 is 18.0 Å². The van der Waals surface area contributed by atoms with Crippen LogP contribution in [0.3, 0.4) is 0 Å². The summed E-state index contributed by atoms with van der Waals surface area (Å²) in [7, 11) is 0. The number of hydrogen-bond acceptors (Lipinski definition) is 2. The number of nitrogens with one attached hydrogen (secondary N) is 1. The summed E-state index contributed by atoms with van der Waals surface area (Å²) in [6, 6.07) is 5.31. The van der Waals surface area contributed by atoms with Crippen molar-refractivity contribution in [3.8, 4) is 0 Å². The second-order valence-corrected chi connectivity index (χ2v) is 5.65. The topological polar surface area (TPSA) is 42.0 Å². The third-order valence-corrected chi connectivity index (χ3v) is 3.81. The highest BCUT2D eigenvalue weighted by molar-refractivity contribution is 6.39. The fourth-order valence-corrected chi connectivity index (χ4v) is 2.52. The first-order valence-electron chi connectivity index (χ1n) is 7.14. The summed E-state index contributed by atoms with van der Waals surface area (Å²) in [5.74, 6) is -0.585. The molecule has 136 valence electrons. The van der Waals surface area contributed by atoms with Crippen LogP contribution in [0.4, 0.5) is 13.2 Å². The maximum atomic E-state index is 12.5. The number of hydrogen-bond donors (Lipinski definition) is 1. The number of carbonyl (C=O) groups excluding carboxylic acids is 1. The predicted octanol–water partition coefficient (Wildman–Crippen LogP) is 6.02. The van der Waals surface area contributed by atoms with E-state index in [0.29, 0.717) is 6.20 Å². The van der Waals surface area contributed by atoms with Gasteiger partial charge >= 0.3 is 6.18 Å². The van der Waals surface area contributed by atoms with Crippen LogP contribution >= 0.6 is 34.8 Å². The van der Waals surface area contributed by atoms with Crippen molar-refractivity contribution >= 4 is 40.7 Å². The van der Waals surface area contributed by atoms with E-state index < -0.39 is 17.6 Å². The molecule has 2 aromatic rings. The van der Waals surface area contributed by atoms with E-state index in [4.69, 9.17) is 34.8 Å². The first-order valence-corrected chi connectivity index (χ1v) is 8.27. The molecule has 1 N–H and O–H groups in total. The third-order valence-electron chi connectivity index (χ3n) is 2.85. The molecular weight excluding hydrogens is 400 g/mol. The van der Waals surface area contributed by atoms with Crippen molar-refractivity contribution in [2.75, 3.05) is 0 Å². The lowest BCUT2D eigenvalue weighted by Crippen LogP contribution is -2.24. The molecule has 0 aliphatic carbocycles. The van der Waals surface area contributed by atoms with Gasteiger partial charge in [0.15, 0.2) is 0 Å². The van der Waals surface area contributed by atoms with Crippen LogP contribution in [0.1, 0.15) is 35.5 Å². The molecule has 0 bridgehead atoms. The Morgan fingerprint density at radius 1 is 1.12 bits per heavy atom. The molecule has 0 atom stereocenters. The zero-order chi connectivity index (χ0) is 19.2. The molecule has 0 fully saturated rings. The van der Waals surface area contributed by atoms with Gasteiger partial charge in [-0.2, -0.15) is 13.2 Å². The van der Waals surface area contributed by atoms with Gasteiger partial charge in [0.25, 0.3) is 5.91 Å². The zero-order valence-corrected chi connectivity index (χ0v) is 15.5. The van der Waals surface area contributed by atoms with Crippen LogP contribution in [-0.2, 0) is 12.7 Å². The molecule has 0 saturated heterocycles. The maximum absolute atomic E-state index is 12.5. The molecule has 0 saturated carbocycles. The smallest absolute Gasteiger partial charge is 0.346 e. The standard InChI is InChI=1S/C14H8Cl3F3N2O.C2H6/c15-8-2-1-3-9(16)12(8)13(23)22-6-11-10(17)4-7(5-21-11)14(18,19)20;1-2/h1-5H,6H2,(H,22,23);1-2H3. The number of benzene rings is 1. The van der Waals surface area contributed by atoms with E-state index >= 15 is 0 Å². The minimum atomic E-state index is -4.54. The quantitative estimate of drug-likeness (QED) is 0.669. The van der Waals surface area contributed by atoms with Crippen LogP contribution in [0.25, 0.3) is 0 Å². The first-order chi connectivity index (χ1) is 11.7. The molecule has 0 aliphatic rings. The molecule has 3 nitrogen and oxygen atoms in total. The number of rotatable bonds is 3. The molecular formula is C16H14Cl3F3N2O. The van der Waals surface area contributed by atoms with Gasteiger partial charge in [0.2, 0.25) is 0 Å². The Kier molecular flexibility index (Phi) is 7.99. The normalized spacial score (nSPS) is 10.7. The summed E-state index contributed by atoms with van der Waals surface area (Å²) in [4.78, 5) is 15.7. The van der Waals surface area contributed by atoms with E-state index in [1.165, 1.54) is 12.1 Å². The van der Waals surface area contributed by atoms with Crippen LogP contribution in [0.5, 0.6) is 0 Å². The Morgan fingerprint density at radius 2 is 1.68 bits per heavy atom. The molecule has 1 heterocycles. The Bertz CT molecular complexity index is 732. The molecule has 0 unspecified atom stereocenters. The lowest BCUT2D eigenvalue weighted by Gasteiger charge is -2.11. The van der Waals surface area contributed by atoms with E-state index in [9.17, 15) is 18.0 Å². The number of pyridine rings is 1. The molecule has 25 heavy (non-hydrogen) atoms. The number of aromatic nitrogens is 1. The Morgan fingerprint density at radius 3 is 2.16 bits per heavy atom. The number of amides is 1. The van der Waals surface area contributed by atoms with Gasteiger partial charge in [-0.05, 0) is 18.2 Å². The highest BCUT2D eigenvalue weighted by Crippen LogP contribution is 2.31. The Balaban J connectivity index is 0.00000151. The number of alkyl halides is 3. The van der Waals surface area contributed by atoms with Crippen molar-refractivity contribution in [1.82, 2.24) is 10.3 Å². The van der Waals surface area contributed by atoms with Gasteiger partial charge in [0, 0.05) is 6.20 Å². The minimum absolute atomic E-state index is 0.0684. The SMILES string of the molecule is CC.O=C(NCc1ncc(C(F)(F)F)cc1Cl)c1c(Cl)cccc1Cl. The molecule has 0 aliphatic heterocycles. The van der Waals surface area contributed by atoms with Crippen LogP contribution in [-0.4, -0.2) is 10.9 Å². The fraction of sp³-hybridized carbons (Fsp3) is 0.250. The number of halogens is 6. The average molecular weight is 414 g/mol. The van der Waals surface area contributed by atoms with Crippen LogP contribution in [0.2, 0.25) is 15.1 Å². The summed E-state index contributed by atoms with van der Waals surface area (Å²) in [5, 5.41) is 2.56. The molecule has 0 radical (unpaired) electrons. The second kappa shape index (κ2) is 9.27. The van der Waals surface area contributed by atoms with E-state index in [1.54, 1.807) is 6.07 Å². The largest absolute Gasteiger partial charge is 0.417 e. The summed E-state index contributed by atoms with van der Waals surface area (Å²) in [6.07, 6.45) is -3.89. The fourth-order valence-electron chi connectivity index (χ4n) is 1.72. The highest BCUT2D eigenvalue weighted by Gasteiger charge is 2.31. The molecule has 2 rings (SSSR count). The van der Waals surface area contributed by atoms with E-state index in [-0.39, 0.29) is 32.9 Å². The predicted molar refractivity (Wildman–Crippen MR) is 93.2 cm³/mol. The van der Waals surface area contributed by atoms with Gasteiger partial charge in [-0.25, -0.2) is 0 Å².